The summed E-state index contributed by atoms with van der Waals surface area (Å²) in [5.74, 6) is 0. The molecule has 1 N–H and O–H groups in total. The monoisotopic (exact) mass is 234 g/mol. The Kier molecular flexibility index (Phi) is 7.63. The van der Waals surface area contributed by atoms with Gasteiger partial charge in [0.2, 0.25) is 0 Å². The van der Waals surface area contributed by atoms with E-state index in [1.165, 1.54) is 4.31 Å². The number of nitrogens with zero attached hydrogens (tertiary/aromatic N) is 1. The molecule has 0 aromatic heterocycles. The molecule has 1 saturated heterocycles. The van der Waals surface area contributed by atoms with Gasteiger partial charge < -0.3 is 5.32 Å². The fraction of sp³-hybridized carbons (Fsp3) is 1.00. The van der Waals surface area contributed by atoms with Crippen LogP contribution in [0, 0.1) is 0 Å². The maximum atomic E-state index is 11.3. The quantitative estimate of drug-likeness (QED) is 0.605. The standard InChI is InChI=1S/C6H14N2O3S.K.H/c1-2-11-12(9,10)8-5-3-7-4-6-8;;/h7H,2-6H2,1H3;;. The zero-order chi connectivity index (χ0) is 9.03. The second kappa shape index (κ2) is 6.86. The fourth-order valence-corrected chi connectivity index (χ4v) is 2.17. The van der Waals surface area contributed by atoms with Gasteiger partial charge >= 0.3 is 61.7 Å². The summed E-state index contributed by atoms with van der Waals surface area (Å²) >= 11 is 0. The SMILES string of the molecule is CCOS(=O)(=O)N1CCNCC1.[KH]. The van der Waals surface area contributed by atoms with Gasteiger partial charge in [0, 0.05) is 26.2 Å². The first-order valence-corrected chi connectivity index (χ1v) is 5.38. The van der Waals surface area contributed by atoms with E-state index < -0.39 is 10.3 Å². The number of hydrogen-bond acceptors (Lipinski definition) is 4. The van der Waals surface area contributed by atoms with Crippen molar-refractivity contribution in [2.24, 2.45) is 0 Å². The van der Waals surface area contributed by atoms with Gasteiger partial charge in [-0.25, -0.2) is 0 Å². The Morgan fingerprint density at radius 1 is 1.38 bits per heavy atom. The molecule has 0 aromatic rings. The van der Waals surface area contributed by atoms with Crippen molar-refractivity contribution in [1.82, 2.24) is 9.62 Å². The van der Waals surface area contributed by atoms with Crippen molar-refractivity contribution < 1.29 is 12.6 Å². The summed E-state index contributed by atoms with van der Waals surface area (Å²) in [7, 11) is -3.44. The summed E-state index contributed by atoms with van der Waals surface area (Å²) in [6.07, 6.45) is 0. The van der Waals surface area contributed by atoms with Crippen LogP contribution >= 0.6 is 0 Å². The van der Waals surface area contributed by atoms with E-state index >= 15 is 0 Å². The Balaban J connectivity index is 0.00000144. The zero-order valence-electron chi connectivity index (χ0n) is 7.12. The summed E-state index contributed by atoms with van der Waals surface area (Å²) in [6, 6.07) is 0. The van der Waals surface area contributed by atoms with Gasteiger partial charge in [-0.1, -0.05) is 0 Å². The second-order valence-electron chi connectivity index (χ2n) is 2.51. The zero-order valence-corrected chi connectivity index (χ0v) is 7.93. The van der Waals surface area contributed by atoms with Gasteiger partial charge in [-0.15, -0.1) is 0 Å². The van der Waals surface area contributed by atoms with Crippen molar-refractivity contribution in [3.8, 4) is 0 Å². The summed E-state index contributed by atoms with van der Waals surface area (Å²) in [6.45, 7) is 4.27. The molecule has 1 aliphatic rings. The van der Waals surface area contributed by atoms with Gasteiger partial charge in [0.25, 0.3) is 0 Å². The average molecular weight is 234 g/mol. The van der Waals surface area contributed by atoms with E-state index in [0.717, 1.165) is 0 Å². The molecule has 13 heavy (non-hydrogen) atoms. The van der Waals surface area contributed by atoms with Crippen LogP contribution in [0.3, 0.4) is 0 Å². The first-order chi connectivity index (χ1) is 5.67. The van der Waals surface area contributed by atoms with E-state index in [-0.39, 0.29) is 58.0 Å². The summed E-state index contributed by atoms with van der Waals surface area (Å²) in [4.78, 5) is 0. The molecule has 0 unspecified atom stereocenters. The average Bonchev–Trinajstić information content (AvgIpc) is 2.06. The van der Waals surface area contributed by atoms with E-state index in [2.05, 4.69) is 9.50 Å². The van der Waals surface area contributed by atoms with Crippen molar-refractivity contribution >= 4 is 61.7 Å². The van der Waals surface area contributed by atoms with Crippen molar-refractivity contribution in [2.75, 3.05) is 32.8 Å². The minimum absolute atomic E-state index is 0. The molecule has 1 fully saturated rings. The van der Waals surface area contributed by atoms with Gasteiger partial charge in [-0.3, -0.25) is 4.18 Å². The third-order valence-corrected chi connectivity index (χ3v) is 3.19. The molecule has 74 valence electrons. The molecule has 1 heterocycles. The molecule has 0 radical (unpaired) electrons. The minimum atomic E-state index is -3.44. The van der Waals surface area contributed by atoms with Crippen LogP contribution < -0.4 is 5.32 Å². The number of piperazine rings is 1. The van der Waals surface area contributed by atoms with Crippen LogP contribution in [0.15, 0.2) is 0 Å². The Morgan fingerprint density at radius 3 is 2.38 bits per heavy atom. The van der Waals surface area contributed by atoms with Crippen molar-refractivity contribution in [2.45, 2.75) is 6.92 Å². The van der Waals surface area contributed by atoms with Crippen LogP contribution in [0.2, 0.25) is 0 Å². The molecule has 0 saturated carbocycles. The van der Waals surface area contributed by atoms with E-state index in [1.807, 2.05) is 0 Å². The molecule has 0 aromatic carbocycles. The topological polar surface area (TPSA) is 58.6 Å². The molecule has 0 atom stereocenters. The molecule has 7 heteroatoms. The van der Waals surface area contributed by atoms with Crippen LogP contribution in [-0.2, 0) is 14.5 Å². The van der Waals surface area contributed by atoms with Crippen molar-refractivity contribution in [3.05, 3.63) is 0 Å². The Hall–Kier alpha value is 1.47. The molecule has 1 aliphatic heterocycles. The number of rotatable bonds is 3. The molecule has 0 aliphatic carbocycles. The second-order valence-corrected chi connectivity index (χ2v) is 4.12. The summed E-state index contributed by atoms with van der Waals surface area (Å²) in [5, 5.41) is 3.07. The molecular weight excluding hydrogens is 219 g/mol. The molecular formula is C6H15KN2O3S. The van der Waals surface area contributed by atoms with Gasteiger partial charge in [-0.2, -0.15) is 12.7 Å². The summed E-state index contributed by atoms with van der Waals surface area (Å²) < 4.78 is 28.5. The Morgan fingerprint density at radius 2 is 1.92 bits per heavy atom. The predicted octanol–water partition coefficient (Wildman–Crippen LogP) is -1.48. The van der Waals surface area contributed by atoms with E-state index in [4.69, 9.17) is 0 Å². The van der Waals surface area contributed by atoms with Gasteiger partial charge in [0.05, 0.1) is 6.61 Å². The third kappa shape index (κ3) is 4.67. The third-order valence-electron chi connectivity index (χ3n) is 1.66. The van der Waals surface area contributed by atoms with Gasteiger partial charge in [0.15, 0.2) is 0 Å². The van der Waals surface area contributed by atoms with Crippen LogP contribution in [0.25, 0.3) is 0 Å². The maximum absolute atomic E-state index is 11.3. The molecule has 0 bridgehead atoms. The van der Waals surface area contributed by atoms with E-state index in [0.29, 0.717) is 26.2 Å². The van der Waals surface area contributed by atoms with Gasteiger partial charge in [-0.05, 0) is 6.92 Å². The van der Waals surface area contributed by atoms with Gasteiger partial charge in [0.1, 0.15) is 0 Å². The Bertz CT molecular complexity index is 226. The van der Waals surface area contributed by atoms with E-state index in [9.17, 15) is 8.42 Å². The van der Waals surface area contributed by atoms with Crippen LogP contribution in [0.5, 0.6) is 0 Å². The summed E-state index contributed by atoms with van der Waals surface area (Å²) in [5.41, 5.74) is 0. The fourth-order valence-electron chi connectivity index (χ4n) is 1.09. The molecule has 1 rings (SSSR count). The number of nitrogens with one attached hydrogen (secondary N) is 1. The molecule has 0 amide bonds. The van der Waals surface area contributed by atoms with Crippen molar-refractivity contribution in [1.29, 1.82) is 0 Å². The van der Waals surface area contributed by atoms with Crippen LogP contribution in [0.4, 0.5) is 0 Å². The number of hydrogen-bond donors (Lipinski definition) is 1. The Labute approximate surface area is 122 Å². The van der Waals surface area contributed by atoms with E-state index in [1.54, 1.807) is 6.92 Å². The first-order valence-electron chi connectivity index (χ1n) is 4.02. The normalized spacial score (nSPS) is 19.5. The molecule has 0 spiro atoms. The predicted molar refractivity (Wildman–Crippen MR) is 52.1 cm³/mol. The van der Waals surface area contributed by atoms with Crippen molar-refractivity contribution in [3.63, 3.8) is 0 Å². The molecule has 5 nitrogen and oxygen atoms in total. The van der Waals surface area contributed by atoms with Crippen LogP contribution in [-0.4, -0.2) is 96.9 Å². The van der Waals surface area contributed by atoms with Crippen LogP contribution in [0.1, 0.15) is 6.92 Å². The first kappa shape index (κ1) is 14.5.